The first-order chi connectivity index (χ1) is 11.5. The maximum absolute atomic E-state index is 12.1. The SMILES string of the molecule is FC(F)(F)COc1ccc(CCNc2ccnc(C3CC3)n2)cn1. The third-order valence-electron chi connectivity index (χ3n) is 3.52. The molecule has 0 aliphatic heterocycles. The largest absolute Gasteiger partial charge is 0.468 e. The normalized spacial score (nSPS) is 14.5. The summed E-state index contributed by atoms with van der Waals surface area (Å²) in [5.74, 6) is 2.13. The van der Waals surface area contributed by atoms with Crippen LogP contribution in [0.25, 0.3) is 0 Å². The molecule has 0 saturated heterocycles. The Balaban J connectivity index is 1.45. The van der Waals surface area contributed by atoms with Gasteiger partial charge >= 0.3 is 6.18 Å². The second-order valence-corrected chi connectivity index (χ2v) is 5.66. The first-order valence-corrected chi connectivity index (χ1v) is 7.71. The number of hydrogen-bond acceptors (Lipinski definition) is 5. The molecule has 2 aromatic heterocycles. The maximum atomic E-state index is 12.1. The number of alkyl halides is 3. The fraction of sp³-hybridized carbons (Fsp3) is 0.438. The Bertz CT molecular complexity index is 672. The van der Waals surface area contributed by atoms with Gasteiger partial charge in [0.15, 0.2) is 6.61 Å². The summed E-state index contributed by atoms with van der Waals surface area (Å²) in [7, 11) is 0. The van der Waals surface area contributed by atoms with Crippen LogP contribution in [0.3, 0.4) is 0 Å². The summed E-state index contributed by atoms with van der Waals surface area (Å²) in [6.45, 7) is -0.691. The van der Waals surface area contributed by atoms with E-state index in [4.69, 9.17) is 0 Å². The van der Waals surface area contributed by atoms with Crippen LogP contribution >= 0.6 is 0 Å². The second kappa shape index (κ2) is 7.02. The van der Waals surface area contributed by atoms with Gasteiger partial charge in [0.1, 0.15) is 11.6 Å². The summed E-state index contributed by atoms with van der Waals surface area (Å²) < 4.78 is 40.7. The number of anilines is 1. The first-order valence-electron chi connectivity index (χ1n) is 7.71. The van der Waals surface area contributed by atoms with Crippen LogP contribution in [-0.4, -0.2) is 34.3 Å². The topological polar surface area (TPSA) is 59.9 Å². The minimum absolute atomic E-state index is 0.0334. The Morgan fingerprint density at radius 3 is 2.67 bits per heavy atom. The summed E-state index contributed by atoms with van der Waals surface area (Å²) >= 11 is 0. The predicted molar refractivity (Wildman–Crippen MR) is 82.0 cm³/mol. The van der Waals surface area contributed by atoms with E-state index in [0.29, 0.717) is 18.9 Å². The van der Waals surface area contributed by atoms with Gasteiger partial charge in [0.2, 0.25) is 5.88 Å². The van der Waals surface area contributed by atoms with Crippen LogP contribution in [0, 0.1) is 0 Å². The van der Waals surface area contributed by atoms with Gasteiger partial charge in [-0.25, -0.2) is 15.0 Å². The van der Waals surface area contributed by atoms with Gasteiger partial charge in [-0.1, -0.05) is 6.07 Å². The van der Waals surface area contributed by atoms with Gasteiger partial charge in [-0.3, -0.25) is 0 Å². The Hall–Kier alpha value is -2.38. The molecule has 0 bridgehead atoms. The monoisotopic (exact) mass is 338 g/mol. The average molecular weight is 338 g/mol. The zero-order valence-electron chi connectivity index (χ0n) is 12.9. The lowest BCUT2D eigenvalue weighted by Gasteiger charge is -2.09. The quantitative estimate of drug-likeness (QED) is 0.839. The average Bonchev–Trinajstić information content (AvgIpc) is 3.39. The van der Waals surface area contributed by atoms with Crippen molar-refractivity contribution in [2.45, 2.75) is 31.4 Å². The van der Waals surface area contributed by atoms with Gasteiger partial charge in [-0.2, -0.15) is 13.2 Å². The molecule has 3 rings (SSSR count). The fourth-order valence-corrected chi connectivity index (χ4v) is 2.15. The summed E-state index contributed by atoms with van der Waals surface area (Å²) in [4.78, 5) is 12.6. The Morgan fingerprint density at radius 1 is 1.17 bits per heavy atom. The molecule has 1 saturated carbocycles. The molecule has 2 heterocycles. The van der Waals surface area contributed by atoms with Crippen LogP contribution < -0.4 is 10.1 Å². The smallest absolute Gasteiger partial charge is 0.422 e. The molecule has 0 unspecified atom stereocenters. The standard InChI is InChI=1S/C16H17F3N4O/c17-16(18,19)10-24-14-4-1-11(9-22-14)5-7-20-13-6-8-21-15(23-13)12-2-3-12/h1,4,6,8-9,12H,2-3,5,7,10H2,(H,20,21,23). The van der Waals surface area contributed by atoms with Gasteiger partial charge in [-0.05, 0) is 30.9 Å². The van der Waals surface area contributed by atoms with Crippen molar-refractivity contribution in [3.05, 3.63) is 42.0 Å². The lowest BCUT2D eigenvalue weighted by molar-refractivity contribution is -0.154. The third-order valence-corrected chi connectivity index (χ3v) is 3.52. The number of aromatic nitrogens is 3. The molecule has 0 atom stereocenters. The summed E-state index contributed by atoms with van der Waals surface area (Å²) in [6.07, 6.45) is 1.88. The lowest BCUT2D eigenvalue weighted by atomic mass is 10.2. The second-order valence-electron chi connectivity index (χ2n) is 5.66. The van der Waals surface area contributed by atoms with Crippen LogP contribution in [0.4, 0.5) is 19.0 Å². The molecular formula is C16H17F3N4O. The highest BCUT2D eigenvalue weighted by molar-refractivity contribution is 5.34. The van der Waals surface area contributed by atoms with Crippen molar-refractivity contribution in [1.82, 2.24) is 15.0 Å². The van der Waals surface area contributed by atoms with Gasteiger partial charge in [0.25, 0.3) is 0 Å². The number of halogens is 3. The molecule has 1 fully saturated rings. The van der Waals surface area contributed by atoms with Gasteiger partial charge < -0.3 is 10.1 Å². The van der Waals surface area contributed by atoms with E-state index in [2.05, 4.69) is 25.0 Å². The van der Waals surface area contributed by atoms with Crippen molar-refractivity contribution in [3.63, 3.8) is 0 Å². The van der Waals surface area contributed by atoms with Crippen LogP contribution in [0.1, 0.15) is 30.1 Å². The highest BCUT2D eigenvalue weighted by Gasteiger charge is 2.28. The number of rotatable bonds is 7. The van der Waals surface area contributed by atoms with E-state index < -0.39 is 12.8 Å². The highest BCUT2D eigenvalue weighted by atomic mass is 19.4. The molecule has 24 heavy (non-hydrogen) atoms. The van der Waals surface area contributed by atoms with Crippen molar-refractivity contribution in [2.75, 3.05) is 18.5 Å². The first kappa shape index (κ1) is 16.5. The molecule has 1 aliphatic carbocycles. The van der Waals surface area contributed by atoms with Gasteiger partial charge in [0.05, 0.1) is 0 Å². The van der Waals surface area contributed by atoms with E-state index in [0.717, 1.165) is 30.0 Å². The van der Waals surface area contributed by atoms with Crippen LogP contribution in [-0.2, 0) is 6.42 Å². The van der Waals surface area contributed by atoms with E-state index in [1.165, 1.54) is 12.3 Å². The summed E-state index contributed by atoms with van der Waals surface area (Å²) in [5, 5.41) is 3.22. The van der Waals surface area contributed by atoms with Gasteiger partial charge in [-0.15, -0.1) is 0 Å². The molecule has 2 aromatic rings. The lowest BCUT2D eigenvalue weighted by Crippen LogP contribution is -2.19. The summed E-state index contributed by atoms with van der Waals surface area (Å²) in [5.41, 5.74) is 0.901. The Labute approximate surface area is 137 Å². The Kier molecular flexibility index (Phi) is 4.82. The Morgan fingerprint density at radius 2 is 2.00 bits per heavy atom. The molecule has 1 aliphatic rings. The number of nitrogens with one attached hydrogen (secondary N) is 1. The zero-order chi connectivity index (χ0) is 17.0. The molecule has 0 radical (unpaired) electrons. The van der Waals surface area contributed by atoms with Gasteiger partial charge in [0, 0.05) is 30.9 Å². The molecule has 1 N–H and O–H groups in total. The number of hydrogen-bond donors (Lipinski definition) is 1. The molecular weight excluding hydrogens is 321 g/mol. The molecule has 0 aromatic carbocycles. The van der Waals surface area contributed by atoms with Crippen molar-refractivity contribution < 1.29 is 17.9 Å². The fourth-order valence-electron chi connectivity index (χ4n) is 2.15. The number of ether oxygens (including phenoxy) is 1. The van der Waals surface area contributed by atoms with Crippen molar-refractivity contribution >= 4 is 5.82 Å². The van der Waals surface area contributed by atoms with Crippen molar-refractivity contribution in [2.24, 2.45) is 0 Å². The molecule has 5 nitrogen and oxygen atoms in total. The zero-order valence-corrected chi connectivity index (χ0v) is 12.9. The summed E-state index contributed by atoms with van der Waals surface area (Å²) in [6, 6.07) is 4.96. The van der Waals surface area contributed by atoms with Crippen LogP contribution in [0.5, 0.6) is 5.88 Å². The molecule has 128 valence electrons. The predicted octanol–water partition coefficient (Wildman–Crippen LogP) is 3.34. The molecule has 8 heteroatoms. The van der Waals surface area contributed by atoms with Crippen molar-refractivity contribution in [1.29, 1.82) is 0 Å². The third kappa shape index (κ3) is 5.07. The van der Waals surface area contributed by atoms with E-state index in [1.54, 1.807) is 12.3 Å². The minimum Gasteiger partial charge on any atom is -0.468 e. The van der Waals surface area contributed by atoms with E-state index in [1.807, 2.05) is 6.07 Å². The minimum atomic E-state index is -4.36. The van der Waals surface area contributed by atoms with E-state index >= 15 is 0 Å². The van der Waals surface area contributed by atoms with Crippen molar-refractivity contribution in [3.8, 4) is 5.88 Å². The van der Waals surface area contributed by atoms with E-state index in [-0.39, 0.29) is 5.88 Å². The van der Waals surface area contributed by atoms with E-state index in [9.17, 15) is 13.2 Å². The van der Waals surface area contributed by atoms with Crippen LogP contribution in [0.15, 0.2) is 30.6 Å². The van der Waals surface area contributed by atoms with Crippen LogP contribution in [0.2, 0.25) is 0 Å². The maximum Gasteiger partial charge on any atom is 0.422 e. The number of pyridine rings is 1. The highest BCUT2D eigenvalue weighted by Crippen LogP contribution is 2.37. The molecule has 0 spiro atoms. The molecule has 0 amide bonds. The number of nitrogens with zero attached hydrogens (tertiary/aromatic N) is 3.